The summed E-state index contributed by atoms with van der Waals surface area (Å²) in [5, 5.41) is 51.0. The standard InChI is InChI=1S/C25H38N4O10/c30-20(17-39-21-3-1-18(2-4-21)11-22(31)32)12-19-13-28(15-24(35)36)10-9-27(14-23(33)34)7-5-26-6-8-29(19)16-25(37)38/h1-4,19-20,26,30H,5-17H2,(H,31,32)(H,33,34)(H,35,36)(H,37,38). The molecule has 1 aromatic carbocycles. The summed E-state index contributed by atoms with van der Waals surface area (Å²) >= 11 is 0. The number of carboxylic acids is 4. The van der Waals surface area contributed by atoms with Gasteiger partial charge < -0.3 is 35.6 Å². The molecule has 1 aliphatic heterocycles. The van der Waals surface area contributed by atoms with Crippen LogP contribution in [0.15, 0.2) is 24.3 Å². The molecule has 14 heteroatoms. The van der Waals surface area contributed by atoms with E-state index >= 15 is 0 Å². The SMILES string of the molecule is O=C(O)Cc1ccc(OCC(O)CC2CN(CC(=O)O)CCN(CC(=O)O)CCNCCN2CC(=O)O)cc1. The minimum atomic E-state index is -1.08. The zero-order chi connectivity index (χ0) is 28.8. The molecule has 2 unspecified atom stereocenters. The number of aliphatic hydroxyl groups is 1. The van der Waals surface area contributed by atoms with Gasteiger partial charge in [-0.15, -0.1) is 0 Å². The third-order valence-corrected chi connectivity index (χ3v) is 6.22. The van der Waals surface area contributed by atoms with Gasteiger partial charge in [-0.25, -0.2) is 0 Å². The topological polar surface area (TPSA) is 200 Å². The highest BCUT2D eigenvalue weighted by atomic mass is 16.5. The van der Waals surface area contributed by atoms with Gasteiger partial charge in [0.15, 0.2) is 0 Å². The lowest BCUT2D eigenvalue weighted by atomic mass is 10.1. The summed E-state index contributed by atoms with van der Waals surface area (Å²) in [5.41, 5.74) is 0.599. The molecule has 1 fully saturated rings. The van der Waals surface area contributed by atoms with Crippen LogP contribution in [0.1, 0.15) is 12.0 Å². The van der Waals surface area contributed by atoms with Crippen molar-refractivity contribution < 1.29 is 49.4 Å². The third kappa shape index (κ3) is 13.4. The number of nitrogens with one attached hydrogen (secondary N) is 1. The van der Waals surface area contributed by atoms with E-state index in [-0.39, 0.29) is 52.2 Å². The Balaban J connectivity index is 2.14. The molecule has 14 nitrogen and oxygen atoms in total. The first-order valence-corrected chi connectivity index (χ1v) is 12.7. The molecule has 1 saturated heterocycles. The Hall–Kier alpha value is -3.30. The smallest absolute Gasteiger partial charge is 0.317 e. The van der Waals surface area contributed by atoms with Crippen molar-refractivity contribution in [2.24, 2.45) is 0 Å². The molecule has 1 aromatic rings. The number of nitrogens with zero attached hydrogens (tertiary/aromatic N) is 3. The number of hydrogen-bond donors (Lipinski definition) is 6. The van der Waals surface area contributed by atoms with E-state index in [9.17, 15) is 39.6 Å². The average molecular weight is 555 g/mol. The van der Waals surface area contributed by atoms with Gasteiger partial charge in [-0.1, -0.05) is 12.1 Å². The van der Waals surface area contributed by atoms with E-state index < -0.39 is 36.0 Å². The van der Waals surface area contributed by atoms with Crippen LogP contribution < -0.4 is 10.1 Å². The van der Waals surface area contributed by atoms with Crippen LogP contribution in [0, 0.1) is 0 Å². The fourth-order valence-corrected chi connectivity index (χ4v) is 4.41. The Morgan fingerprint density at radius 3 is 2.03 bits per heavy atom. The highest BCUT2D eigenvalue weighted by Crippen LogP contribution is 2.16. The van der Waals surface area contributed by atoms with E-state index in [2.05, 4.69) is 5.32 Å². The Morgan fingerprint density at radius 2 is 1.41 bits per heavy atom. The second kappa shape index (κ2) is 16.6. The largest absolute Gasteiger partial charge is 0.491 e. The van der Waals surface area contributed by atoms with Gasteiger partial charge in [0.1, 0.15) is 12.4 Å². The molecule has 0 bridgehead atoms. The number of hydrogen-bond acceptors (Lipinski definition) is 10. The zero-order valence-corrected chi connectivity index (χ0v) is 21.8. The molecule has 0 saturated carbocycles. The molecule has 39 heavy (non-hydrogen) atoms. The molecular formula is C25H38N4O10. The van der Waals surface area contributed by atoms with Gasteiger partial charge in [-0.2, -0.15) is 0 Å². The summed E-state index contributed by atoms with van der Waals surface area (Å²) in [5.74, 6) is -3.65. The van der Waals surface area contributed by atoms with Crippen LogP contribution in [0.4, 0.5) is 0 Å². The van der Waals surface area contributed by atoms with Gasteiger partial charge in [0.25, 0.3) is 0 Å². The van der Waals surface area contributed by atoms with Gasteiger partial charge in [0.2, 0.25) is 0 Å². The maximum absolute atomic E-state index is 11.6. The van der Waals surface area contributed by atoms with Crippen LogP contribution in [0.5, 0.6) is 5.75 Å². The minimum Gasteiger partial charge on any atom is -0.491 e. The number of benzene rings is 1. The van der Waals surface area contributed by atoms with Crippen molar-refractivity contribution in [1.29, 1.82) is 0 Å². The van der Waals surface area contributed by atoms with E-state index in [1.807, 2.05) is 0 Å². The molecule has 0 amide bonds. The third-order valence-electron chi connectivity index (χ3n) is 6.22. The minimum absolute atomic E-state index is 0.0966. The summed E-state index contributed by atoms with van der Waals surface area (Å²) in [4.78, 5) is 50.3. The molecule has 0 aliphatic carbocycles. The molecule has 6 N–H and O–H groups in total. The Morgan fingerprint density at radius 1 is 0.821 bits per heavy atom. The second-order valence-corrected chi connectivity index (χ2v) is 9.48. The monoisotopic (exact) mass is 554 g/mol. The first-order valence-electron chi connectivity index (χ1n) is 12.7. The number of aliphatic hydroxyl groups excluding tert-OH is 1. The van der Waals surface area contributed by atoms with Crippen LogP contribution in [0.3, 0.4) is 0 Å². The van der Waals surface area contributed by atoms with Crippen LogP contribution in [-0.4, -0.2) is 148 Å². The van der Waals surface area contributed by atoms with Crippen molar-refractivity contribution in [1.82, 2.24) is 20.0 Å². The summed E-state index contributed by atoms with van der Waals surface area (Å²) in [6, 6.07) is 5.89. The number of carbonyl (C=O) groups is 4. The maximum Gasteiger partial charge on any atom is 0.317 e. The lowest BCUT2D eigenvalue weighted by Gasteiger charge is -2.36. The van der Waals surface area contributed by atoms with E-state index in [1.54, 1.807) is 39.0 Å². The Kier molecular flexibility index (Phi) is 13.6. The van der Waals surface area contributed by atoms with Crippen molar-refractivity contribution in [3.8, 4) is 5.75 Å². The van der Waals surface area contributed by atoms with E-state index in [1.165, 1.54) is 0 Å². The van der Waals surface area contributed by atoms with E-state index in [4.69, 9.17) is 9.84 Å². The molecule has 1 aliphatic rings. The normalized spacial score (nSPS) is 19.4. The molecule has 0 radical (unpaired) electrons. The average Bonchev–Trinajstić information content (AvgIpc) is 2.83. The molecule has 0 spiro atoms. The molecule has 2 rings (SSSR count). The number of carboxylic acid groups (broad SMARTS) is 4. The van der Waals surface area contributed by atoms with Crippen molar-refractivity contribution in [3.05, 3.63) is 29.8 Å². The van der Waals surface area contributed by atoms with Gasteiger partial charge in [0, 0.05) is 51.9 Å². The van der Waals surface area contributed by atoms with Crippen LogP contribution >= 0.6 is 0 Å². The van der Waals surface area contributed by atoms with Crippen molar-refractivity contribution in [3.63, 3.8) is 0 Å². The quantitative estimate of drug-likeness (QED) is 0.166. The predicted molar refractivity (Wildman–Crippen MR) is 138 cm³/mol. The lowest BCUT2D eigenvalue weighted by Crippen LogP contribution is -2.53. The van der Waals surface area contributed by atoms with E-state index in [0.717, 1.165) is 0 Å². The fourth-order valence-electron chi connectivity index (χ4n) is 4.41. The molecule has 2 atom stereocenters. The van der Waals surface area contributed by atoms with Crippen LogP contribution in [0.2, 0.25) is 0 Å². The van der Waals surface area contributed by atoms with Crippen molar-refractivity contribution >= 4 is 23.9 Å². The van der Waals surface area contributed by atoms with Crippen LogP contribution in [-0.2, 0) is 25.6 Å². The first kappa shape index (κ1) is 31.9. The molecular weight excluding hydrogens is 516 g/mol. The Bertz CT molecular complexity index is 945. The van der Waals surface area contributed by atoms with Gasteiger partial charge in [0.05, 0.1) is 32.2 Å². The van der Waals surface area contributed by atoms with Gasteiger partial charge >= 0.3 is 23.9 Å². The fraction of sp³-hybridized carbons (Fsp3) is 0.600. The van der Waals surface area contributed by atoms with Gasteiger partial charge in [-0.05, 0) is 24.1 Å². The highest BCUT2D eigenvalue weighted by molar-refractivity contribution is 5.70. The number of rotatable bonds is 13. The summed E-state index contributed by atoms with van der Waals surface area (Å²) < 4.78 is 5.65. The predicted octanol–water partition coefficient (Wildman–Crippen LogP) is -1.42. The highest BCUT2D eigenvalue weighted by Gasteiger charge is 2.27. The lowest BCUT2D eigenvalue weighted by molar-refractivity contribution is -0.141. The summed E-state index contributed by atoms with van der Waals surface area (Å²) in [6.07, 6.45) is -1.04. The second-order valence-electron chi connectivity index (χ2n) is 9.48. The van der Waals surface area contributed by atoms with Crippen LogP contribution in [0.25, 0.3) is 0 Å². The molecule has 0 aromatic heterocycles. The Labute approximate surface area is 226 Å². The summed E-state index contributed by atoms with van der Waals surface area (Å²) in [6.45, 7) is 1.38. The van der Waals surface area contributed by atoms with E-state index in [0.29, 0.717) is 44.0 Å². The van der Waals surface area contributed by atoms with Crippen molar-refractivity contribution in [2.75, 3.05) is 72.1 Å². The molecule has 1 heterocycles. The summed E-state index contributed by atoms with van der Waals surface area (Å²) in [7, 11) is 0. The number of ether oxygens (including phenoxy) is 1. The number of aliphatic carboxylic acids is 4. The van der Waals surface area contributed by atoms with Gasteiger partial charge in [-0.3, -0.25) is 33.9 Å². The first-order chi connectivity index (χ1) is 18.5. The van der Waals surface area contributed by atoms with Crippen molar-refractivity contribution in [2.45, 2.75) is 25.0 Å². The molecule has 218 valence electrons. The zero-order valence-electron chi connectivity index (χ0n) is 21.8. The maximum atomic E-state index is 11.6.